The van der Waals surface area contributed by atoms with Crippen molar-refractivity contribution < 1.29 is 34.1 Å². The van der Waals surface area contributed by atoms with Crippen LogP contribution in [-0.4, -0.2) is 76.9 Å². The Balaban J connectivity index is 1.76. The molecule has 1 spiro atoms. The third-order valence-electron chi connectivity index (χ3n) is 7.55. The van der Waals surface area contributed by atoms with Crippen molar-refractivity contribution in [1.82, 2.24) is 4.90 Å². The number of amides is 2. The van der Waals surface area contributed by atoms with Gasteiger partial charge in [0.05, 0.1) is 24.5 Å². The van der Waals surface area contributed by atoms with E-state index in [0.717, 1.165) is 0 Å². The molecule has 9 heteroatoms. The van der Waals surface area contributed by atoms with Gasteiger partial charge in [-0.1, -0.05) is 6.08 Å². The number of ether oxygens (including phenoxy) is 2. The molecule has 0 radical (unpaired) electrons. The van der Waals surface area contributed by atoms with Crippen molar-refractivity contribution >= 4 is 23.5 Å². The number of aliphatic hydroxyl groups excluding tert-OH is 1. The summed E-state index contributed by atoms with van der Waals surface area (Å²) in [5.74, 6) is -3.07. The molecular formula is C25H32N2O7. The first-order chi connectivity index (χ1) is 16.2. The molecule has 184 valence electrons. The van der Waals surface area contributed by atoms with Gasteiger partial charge in [-0.05, 0) is 56.9 Å². The van der Waals surface area contributed by atoms with E-state index in [4.69, 9.17) is 9.47 Å². The van der Waals surface area contributed by atoms with Gasteiger partial charge in [0.25, 0.3) is 5.91 Å². The first kappa shape index (κ1) is 24.2. The van der Waals surface area contributed by atoms with E-state index >= 15 is 0 Å². The average molecular weight is 473 g/mol. The standard InChI is InChI=1S/C25H32N2O7/c1-4-13-26(16-7-9-17(33-3)10-8-16)22(30)20-25-12-11-24(2,34-25)19(23(31)32)18(25)21(29)27(20)14-5-6-15-28/h4,7-10,18-20,28H,1,5-6,11-15H2,2-3H3,(H,31,32)/t18-,19-,20?,24+,25?/m0/s1. The fourth-order valence-corrected chi connectivity index (χ4v) is 6.08. The number of carboxylic acids is 1. The number of hydrogen-bond acceptors (Lipinski definition) is 6. The van der Waals surface area contributed by atoms with Crippen LogP contribution in [0.5, 0.6) is 5.75 Å². The van der Waals surface area contributed by atoms with E-state index in [0.29, 0.717) is 37.1 Å². The summed E-state index contributed by atoms with van der Waals surface area (Å²) in [5, 5.41) is 19.2. The SMILES string of the molecule is C=CCN(C(=O)C1N(CCCCO)C(=O)[C@@H]2[C@@H](C(=O)O)[C@@]3(C)CCC12O3)c1ccc(OC)cc1. The van der Waals surface area contributed by atoms with Crippen molar-refractivity contribution in [2.45, 2.75) is 49.9 Å². The number of carbonyl (C=O) groups is 3. The highest BCUT2D eigenvalue weighted by molar-refractivity contribution is 6.04. The molecule has 5 atom stereocenters. The summed E-state index contributed by atoms with van der Waals surface area (Å²) in [6, 6.07) is 6.06. The van der Waals surface area contributed by atoms with Crippen LogP contribution in [0.3, 0.4) is 0 Å². The topological polar surface area (TPSA) is 117 Å². The lowest BCUT2D eigenvalue weighted by molar-refractivity contribution is -0.154. The molecule has 0 aliphatic carbocycles. The van der Waals surface area contributed by atoms with Crippen LogP contribution in [0.25, 0.3) is 0 Å². The number of aliphatic carboxylic acids is 1. The molecule has 2 amide bonds. The Kier molecular flexibility index (Phi) is 6.44. The van der Waals surface area contributed by atoms with Gasteiger partial charge in [0.1, 0.15) is 17.4 Å². The van der Waals surface area contributed by atoms with E-state index < -0.39 is 35.0 Å². The maximum Gasteiger partial charge on any atom is 0.310 e. The maximum absolute atomic E-state index is 14.2. The number of carboxylic acid groups (broad SMARTS) is 1. The first-order valence-corrected chi connectivity index (χ1v) is 11.6. The van der Waals surface area contributed by atoms with Crippen molar-refractivity contribution in [3.8, 4) is 5.75 Å². The molecule has 2 unspecified atom stereocenters. The fourth-order valence-electron chi connectivity index (χ4n) is 6.08. The van der Waals surface area contributed by atoms with Crippen LogP contribution in [0, 0.1) is 11.8 Å². The van der Waals surface area contributed by atoms with Gasteiger partial charge in [0, 0.05) is 25.4 Å². The number of fused-ring (bicyclic) bond motifs is 1. The van der Waals surface area contributed by atoms with Gasteiger partial charge in [-0.15, -0.1) is 6.58 Å². The summed E-state index contributed by atoms with van der Waals surface area (Å²) in [4.78, 5) is 43.1. The second-order valence-electron chi connectivity index (χ2n) is 9.46. The largest absolute Gasteiger partial charge is 0.497 e. The van der Waals surface area contributed by atoms with Crippen LogP contribution in [0.2, 0.25) is 0 Å². The molecule has 4 rings (SSSR count). The van der Waals surface area contributed by atoms with Crippen LogP contribution >= 0.6 is 0 Å². The Morgan fingerprint density at radius 2 is 2.00 bits per heavy atom. The number of anilines is 1. The molecule has 2 bridgehead atoms. The van der Waals surface area contributed by atoms with Gasteiger partial charge in [-0.2, -0.15) is 0 Å². The maximum atomic E-state index is 14.2. The van der Waals surface area contributed by atoms with E-state index in [-0.39, 0.29) is 31.5 Å². The number of hydrogen-bond donors (Lipinski definition) is 2. The smallest absolute Gasteiger partial charge is 0.310 e. The molecule has 3 aliphatic heterocycles. The number of carbonyl (C=O) groups excluding carboxylic acids is 2. The molecule has 0 saturated carbocycles. The Hall–Kier alpha value is -2.91. The van der Waals surface area contributed by atoms with Crippen molar-refractivity contribution in [2.24, 2.45) is 11.8 Å². The molecule has 0 aromatic heterocycles. The number of likely N-dealkylation sites (tertiary alicyclic amines) is 1. The fraction of sp³-hybridized carbons (Fsp3) is 0.560. The second kappa shape index (κ2) is 9.03. The minimum absolute atomic E-state index is 0.0318. The van der Waals surface area contributed by atoms with Crippen LogP contribution < -0.4 is 9.64 Å². The molecule has 2 N–H and O–H groups in total. The van der Waals surface area contributed by atoms with E-state index in [2.05, 4.69) is 6.58 Å². The summed E-state index contributed by atoms with van der Waals surface area (Å²) in [5.41, 5.74) is -1.58. The lowest BCUT2D eigenvalue weighted by atomic mass is 9.66. The average Bonchev–Trinajstić information content (AvgIpc) is 3.38. The highest BCUT2D eigenvalue weighted by Crippen LogP contribution is 2.63. The predicted octanol–water partition coefficient (Wildman–Crippen LogP) is 1.84. The monoisotopic (exact) mass is 472 g/mol. The Labute approximate surface area is 198 Å². The Bertz CT molecular complexity index is 980. The molecule has 1 aromatic carbocycles. The minimum Gasteiger partial charge on any atom is -0.497 e. The third kappa shape index (κ3) is 3.58. The number of methoxy groups -OCH3 is 1. The number of benzene rings is 1. The highest BCUT2D eigenvalue weighted by Gasteiger charge is 2.78. The molecule has 9 nitrogen and oxygen atoms in total. The van der Waals surface area contributed by atoms with Gasteiger partial charge in [0.2, 0.25) is 5.91 Å². The zero-order chi connectivity index (χ0) is 24.7. The number of nitrogens with zero attached hydrogens (tertiary/aromatic N) is 2. The van der Waals surface area contributed by atoms with Gasteiger partial charge in [0.15, 0.2) is 0 Å². The number of unbranched alkanes of at least 4 members (excludes halogenated alkanes) is 1. The van der Waals surface area contributed by atoms with E-state index in [9.17, 15) is 24.6 Å². The van der Waals surface area contributed by atoms with E-state index in [1.54, 1.807) is 49.3 Å². The third-order valence-corrected chi connectivity index (χ3v) is 7.55. The van der Waals surface area contributed by atoms with Crippen LogP contribution in [-0.2, 0) is 19.1 Å². The molecule has 34 heavy (non-hydrogen) atoms. The summed E-state index contributed by atoms with van der Waals surface area (Å²) in [7, 11) is 1.56. The number of aliphatic hydroxyl groups is 1. The van der Waals surface area contributed by atoms with Crippen LogP contribution in [0.1, 0.15) is 32.6 Å². The summed E-state index contributed by atoms with van der Waals surface area (Å²) < 4.78 is 11.6. The summed E-state index contributed by atoms with van der Waals surface area (Å²) in [6.45, 7) is 5.94. The molecule has 3 heterocycles. The normalized spacial score (nSPS) is 31.4. The zero-order valence-electron chi connectivity index (χ0n) is 19.6. The van der Waals surface area contributed by atoms with Crippen molar-refractivity contribution in [3.05, 3.63) is 36.9 Å². The number of rotatable bonds is 10. The molecule has 3 fully saturated rings. The minimum atomic E-state index is -1.20. The van der Waals surface area contributed by atoms with E-state index in [1.807, 2.05) is 0 Å². The van der Waals surface area contributed by atoms with Gasteiger partial charge < -0.3 is 29.5 Å². The van der Waals surface area contributed by atoms with Crippen molar-refractivity contribution in [2.75, 3.05) is 31.7 Å². The van der Waals surface area contributed by atoms with Crippen molar-refractivity contribution in [3.63, 3.8) is 0 Å². The Morgan fingerprint density at radius 3 is 2.59 bits per heavy atom. The molecular weight excluding hydrogens is 440 g/mol. The lowest BCUT2D eigenvalue weighted by Gasteiger charge is -2.36. The quantitative estimate of drug-likeness (QED) is 0.394. The Morgan fingerprint density at radius 1 is 1.29 bits per heavy atom. The van der Waals surface area contributed by atoms with E-state index in [1.165, 1.54) is 4.90 Å². The van der Waals surface area contributed by atoms with Gasteiger partial charge in [-0.3, -0.25) is 14.4 Å². The molecule has 1 aromatic rings. The predicted molar refractivity (Wildman–Crippen MR) is 123 cm³/mol. The summed E-state index contributed by atoms with van der Waals surface area (Å²) in [6.07, 6.45) is 3.47. The first-order valence-electron chi connectivity index (χ1n) is 11.6. The van der Waals surface area contributed by atoms with Crippen LogP contribution in [0.15, 0.2) is 36.9 Å². The lowest BCUT2D eigenvalue weighted by Crippen LogP contribution is -2.56. The van der Waals surface area contributed by atoms with Crippen LogP contribution in [0.4, 0.5) is 5.69 Å². The molecule has 3 saturated heterocycles. The molecule has 3 aliphatic rings. The summed E-state index contributed by atoms with van der Waals surface area (Å²) >= 11 is 0. The van der Waals surface area contributed by atoms with Crippen molar-refractivity contribution in [1.29, 1.82) is 0 Å². The second-order valence-corrected chi connectivity index (χ2v) is 9.46. The van der Waals surface area contributed by atoms with Gasteiger partial charge >= 0.3 is 5.97 Å². The highest BCUT2D eigenvalue weighted by atomic mass is 16.5. The zero-order valence-corrected chi connectivity index (χ0v) is 19.6. The van der Waals surface area contributed by atoms with Gasteiger partial charge in [-0.25, -0.2) is 0 Å².